The first-order chi connectivity index (χ1) is 13.7. The maximum atomic E-state index is 14.0. The summed E-state index contributed by atoms with van der Waals surface area (Å²) in [5, 5.41) is 0. The number of hydrogen-bond donors (Lipinski definition) is 0. The third-order valence-corrected chi connectivity index (χ3v) is 4.51. The van der Waals surface area contributed by atoms with Crippen molar-refractivity contribution in [2.45, 2.75) is 39.2 Å². The van der Waals surface area contributed by atoms with Gasteiger partial charge in [-0.05, 0) is 68.6 Å². The van der Waals surface area contributed by atoms with Gasteiger partial charge < -0.3 is 9.64 Å². The molecule has 0 bridgehead atoms. The van der Waals surface area contributed by atoms with Crippen molar-refractivity contribution in [2.24, 2.45) is 0 Å². The normalized spacial score (nSPS) is 15.9. The number of hydrogen-bond acceptors (Lipinski definition) is 2. The van der Waals surface area contributed by atoms with Crippen LogP contribution in [-0.2, 0) is 4.74 Å². The van der Waals surface area contributed by atoms with Crippen molar-refractivity contribution < 1.29 is 18.3 Å². The molecule has 156 valence electrons. The molecule has 29 heavy (non-hydrogen) atoms. The summed E-state index contributed by atoms with van der Waals surface area (Å²) in [5.74, 6) is -0.523. The van der Waals surface area contributed by atoms with Crippen LogP contribution in [0.25, 0.3) is 5.57 Å². The van der Waals surface area contributed by atoms with Crippen molar-refractivity contribution in [3.8, 4) is 0 Å². The van der Waals surface area contributed by atoms with E-state index in [0.29, 0.717) is 31.5 Å². The van der Waals surface area contributed by atoms with Gasteiger partial charge in [0, 0.05) is 13.1 Å². The Morgan fingerprint density at radius 1 is 1.21 bits per heavy atom. The lowest BCUT2D eigenvalue weighted by molar-refractivity contribution is 0.0236. The maximum absolute atomic E-state index is 14.0. The number of carbonyl (C=O) groups excluding carboxylic acids is 1. The van der Waals surface area contributed by atoms with Gasteiger partial charge in [-0.25, -0.2) is 13.6 Å². The monoisotopic (exact) mass is 401 g/mol. The number of halogens is 2. The second kappa shape index (κ2) is 10.2. The van der Waals surface area contributed by atoms with Crippen LogP contribution in [0.1, 0.15) is 39.2 Å². The van der Waals surface area contributed by atoms with Crippen molar-refractivity contribution in [1.29, 1.82) is 0 Å². The number of likely N-dealkylation sites (tertiary alicyclic amines) is 1. The Kier molecular flexibility index (Phi) is 7.94. The van der Waals surface area contributed by atoms with E-state index in [9.17, 15) is 13.6 Å². The summed E-state index contributed by atoms with van der Waals surface area (Å²) in [6.45, 7) is 9.23. The van der Waals surface area contributed by atoms with Crippen molar-refractivity contribution in [2.75, 3.05) is 19.8 Å². The lowest BCUT2D eigenvalue weighted by Gasteiger charge is -2.32. The van der Waals surface area contributed by atoms with Crippen LogP contribution in [0, 0.1) is 0 Å². The van der Waals surface area contributed by atoms with Gasteiger partial charge in [0.15, 0.2) is 0 Å². The van der Waals surface area contributed by atoms with Gasteiger partial charge in [0.05, 0.1) is 0 Å². The van der Waals surface area contributed by atoms with Crippen LogP contribution < -0.4 is 0 Å². The summed E-state index contributed by atoms with van der Waals surface area (Å²) in [5.41, 5.74) is 2.69. The van der Waals surface area contributed by atoms with Gasteiger partial charge in [0.1, 0.15) is 18.1 Å². The molecule has 0 unspecified atom stereocenters. The van der Waals surface area contributed by atoms with E-state index in [1.165, 1.54) is 12.2 Å². The molecule has 1 fully saturated rings. The van der Waals surface area contributed by atoms with Crippen LogP contribution in [0.2, 0.25) is 0 Å². The van der Waals surface area contributed by atoms with E-state index in [0.717, 1.165) is 22.8 Å². The third-order valence-electron chi connectivity index (χ3n) is 4.51. The number of rotatable bonds is 5. The van der Waals surface area contributed by atoms with Gasteiger partial charge in [-0.1, -0.05) is 42.5 Å². The standard InChI is InChI=1S/C24H29F2NO2/c1-5-21(26)17-20(11-14-25)22(18-9-7-6-8-10-18)19-12-15-27(16-13-19)23(28)29-24(2,3)4/h5-11,17H,1,12-16H2,2-4H3/b20-11+,21-17+. The first-order valence-electron chi connectivity index (χ1n) is 9.76. The van der Waals surface area contributed by atoms with E-state index in [1.807, 2.05) is 51.1 Å². The number of ether oxygens (including phenoxy) is 1. The molecule has 1 saturated heterocycles. The van der Waals surface area contributed by atoms with E-state index in [-0.39, 0.29) is 6.09 Å². The fraction of sp³-hybridized carbons (Fsp3) is 0.375. The zero-order valence-electron chi connectivity index (χ0n) is 17.4. The highest BCUT2D eigenvalue weighted by Gasteiger charge is 2.26. The summed E-state index contributed by atoms with van der Waals surface area (Å²) >= 11 is 0. The summed E-state index contributed by atoms with van der Waals surface area (Å²) in [7, 11) is 0. The van der Waals surface area contributed by atoms with Gasteiger partial charge in [0.2, 0.25) is 0 Å². The minimum Gasteiger partial charge on any atom is -0.444 e. The van der Waals surface area contributed by atoms with E-state index in [2.05, 4.69) is 6.58 Å². The third kappa shape index (κ3) is 6.70. The first kappa shape index (κ1) is 22.6. The van der Waals surface area contributed by atoms with Crippen molar-refractivity contribution in [1.82, 2.24) is 4.90 Å². The maximum Gasteiger partial charge on any atom is 0.410 e. The Morgan fingerprint density at radius 2 is 1.83 bits per heavy atom. The molecule has 1 aromatic carbocycles. The molecule has 1 amide bonds. The fourth-order valence-electron chi connectivity index (χ4n) is 3.24. The molecular formula is C24H29F2NO2. The minimum atomic E-state index is -0.704. The van der Waals surface area contributed by atoms with E-state index in [1.54, 1.807) is 4.90 Å². The van der Waals surface area contributed by atoms with E-state index >= 15 is 0 Å². The minimum absolute atomic E-state index is 0.338. The van der Waals surface area contributed by atoms with Crippen LogP contribution in [0.15, 0.2) is 72.1 Å². The molecule has 3 nitrogen and oxygen atoms in total. The highest BCUT2D eigenvalue weighted by atomic mass is 19.1. The predicted molar refractivity (Wildman–Crippen MR) is 114 cm³/mol. The second-order valence-electron chi connectivity index (χ2n) is 7.86. The number of nitrogens with zero attached hydrogens (tertiary/aromatic N) is 1. The summed E-state index contributed by atoms with van der Waals surface area (Å²) in [4.78, 5) is 14.0. The van der Waals surface area contributed by atoms with Crippen LogP contribution >= 0.6 is 0 Å². The van der Waals surface area contributed by atoms with Gasteiger partial charge >= 0.3 is 6.09 Å². The summed E-state index contributed by atoms with van der Waals surface area (Å²) in [6.07, 6.45) is 4.66. The average molecular weight is 401 g/mol. The molecule has 1 aliphatic heterocycles. The highest BCUT2D eigenvalue weighted by Crippen LogP contribution is 2.34. The van der Waals surface area contributed by atoms with E-state index < -0.39 is 18.1 Å². The van der Waals surface area contributed by atoms with Gasteiger partial charge in [0.25, 0.3) is 0 Å². The predicted octanol–water partition coefficient (Wildman–Crippen LogP) is 6.41. The van der Waals surface area contributed by atoms with Gasteiger partial charge in [-0.15, -0.1) is 0 Å². The molecular weight excluding hydrogens is 372 g/mol. The lowest BCUT2D eigenvalue weighted by Crippen LogP contribution is -2.40. The zero-order valence-corrected chi connectivity index (χ0v) is 17.4. The smallest absolute Gasteiger partial charge is 0.410 e. The molecule has 1 aromatic rings. The number of allylic oxidation sites excluding steroid dienone is 6. The van der Waals surface area contributed by atoms with Gasteiger partial charge in [-0.3, -0.25) is 0 Å². The second-order valence-corrected chi connectivity index (χ2v) is 7.86. The first-order valence-corrected chi connectivity index (χ1v) is 9.76. The van der Waals surface area contributed by atoms with Crippen molar-refractivity contribution in [3.63, 3.8) is 0 Å². The molecule has 0 radical (unpaired) electrons. The SMILES string of the molecule is C=C/C(F)=C\C(=C/CF)C(=C1CCN(C(=O)OC(C)(C)C)CC1)c1ccccc1. The molecule has 0 N–H and O–H groups in total. The molecule has 5 heteroatoms. The Bertz CT molecular complexity index is 807. The largest absolute Gasteiger partial charge is 0.444 e. The summed E-state index contributed by atoms with van der Waals surface area (Å²) in [6, 6.07) is 9.54. The quantitative estimate of drug-likeness (QED) is 0.534. The number of benzene rings is 1. The number of piperidine rings is 1. The highest BCUT2D eigenvalue weighted by molar-refractivity contribution is 5.84. The van der Waals surface area contributed by atoms with Crippen LogP contribution in [0.4, 0.5) is 13.6 Å². The molecule has 0 atom stereocenters. The lowest BCUT2D eigenvalue weighted by atomic mass is 9.87. The average Bonchev–Trinajstić information content (AvgIpc) is 2.68. The number of carbonyl (C=O) groups is 1. The Morgan fingerprint density at radius 3 is 2.34 bits per heavy atom. The zero-order chi connectivity index (χ0) is 21.4. The molecule has 0 aromatic heterocycles. The van der Waals surface area contributed by atoms with Crippen molar-refractivity contribution >= 4 is 11.7 Å². The molecule has 2 rings (SSSR count). The number of alkyl halides is 1. The molecule has 0 aliphatic carbocycles. The number of amides is 1. The van der Waals surface area contributed by atoms with E-state index in [4.69, 9.17) is 4.74 Å². The molecule has 1 heterocycles. The van der Waals surface area contributed by atoms with Crippen LogP contribution in [0.3, 0.4) is 0 Å². The molecule has 0 saturated carbocycles. The molecule has 1 aliphatic rings. The Balaban J connectivity index is 2.38. The topological polar surface area (TPSA) is 29.5 Å². The molecule has 0 spiro atoms. The van der Waals surface area contributed by atoms with Crippen LogP contribution in [-0.4, -0.2) is 36.4 Å². The summed E-state index contributed by atoms with van der Waals surface area (Å²) < 4.78 is 32.6. The fourth-order valence-corrected chi connectivity index (χ4v) is 3.24. The van der Waals surface area contributed by atoms with Crippen molar-refractivity contribution in [3.05, 3.63) is 77.7 Å². The van der Waals surface area contributed by atoms with Crippen LogP contribution in [0.5, 0.6) is 0 Å². The Labute approximate surface area is 172 Å². The Hall–Kier alpha value is -2.69. The van der Waals surface area contributed by atoms with Gasteiger partial charge in [-0.2, -0.15) is 0 Å².